The lowest BCUT2D eigenvalue weighted by Crippen LogP contribution is -2.27. The van der Waals surface area contributed by atoms with Crippen molar-refractivity contribution >= 4 is 29.4 Å². The van der Waals surface area contributed by atoms with Gasteiger partial charge in [0.25, 0.3) is 0 Å². The molecule has 0 aliphatic rings. The van der Waals surface area contributed by atoms with E-state index in [0.29, 0.717) is 23.9 Å². The molecule has 2 aromatic carbocycles. The van der Waals surface area contributed by atoms with Gasteiger partial charge in [-0.3, -0.25) is 4.79 Å². The van der Waals surface area contributed by atoms with E-state index in [1.165, 1.54) is 16.0 Å². The summed E-state index contributed by atoms with van der Waals surface area (Å²) in [7, 11) is 0. The standard InChI is InChI=1S/C23H26N2O2S2/c1-16-4-6-18(7-5-16)12-13-24-22(26)15-29-14-21-17(2)27-23(25-21)19-8-10-20(28-3)11-9-19/h4-11H,12-15H2,1-3H3,(H,24,26). The number of amides is 1. The van der Waals surface area contributed by atoms with Crippen LogP contribution in [-0.2, 0) is 17.0 Å². The van der Waals surface area contributed by atoms with Gasteiger partial charge in [0, 0.05) is 22.8 Å². The van der Waals surface area contributed by atoms with Crippen molar-refractivity contribution in [2.45, 2.75) is 30.9 Å². The van der Waals surface area contributed by atoms with E-state index in [1.807, 2.05) is 19.1 Å². The fourth-order valence-corrected chi connectivity index (χ4v) is 4.07. The second-order valence-electron chi connectivity index (χ2n) is 6.83. The first kappa shape index (κ1) is 21.5. The Morgan fingerprint density at radius 1 is 1.07 bits per heavy atom. The zero-order chi connectivity index (χ0) is 20.6. The molecule has 0 radical (unpaired) electrons. The normalized spacial score (nSPS) is 10.9. The maximum Gasteiger partial charge on any atom is 0.230 e. The number of aryl methyl sites for hydroxylation is 2. The van der Waals surface area contributed by atoms with Crippen LogP contribution < -0.4 is 5.32 Å². The fourth-order valence-electron chi connectivity index (χ4n) is 2.81. The minimum absolute atomic E-state index is 0.0520. The largest absolute Gasteiger partial charge is 0.441 e. The van der Waals surface area contributed by atoms with E-state index in [2.05, 4.69) is 59.9 Å². The van der Waals surface area contributed by atoms with Crippen molar-refractivity contribution in [3.63, 3.8) is 0 Å². The highest BCUT2D eigenvalue weighted by atomic mass is 32.2. The molecule has 152 valence electrons. The second kappa shape index (κ2) is 10.6. The summed E-state index contributed by atoms with van der Waals surface area (Å²) in [5.74, 6) is 2.56. The number of hydrogen-bond acceptors (Lipinski definition) is 5. The molecule has 1 heterocycles. The van der Waals surface area contributed by atoms with Crippen LogP contribution in [0.4, 0.5) is 0 Å². The van der Waals surface area contributed by atoms with Crippen LogP contribution in [-0.4, -0.2) is 29.4 Å². The van der Waals surface area contributed by atoms with Gasteiger partial charge in [-0.05, 0) is 56.4 Å². The molecule has 0 fully saturated rings. The molecule has 1 aromatic heterocycles. The maximum absolute atomic E-state index is 12.1. The monoisotopic (exact) mass is 426 g/mol. The Morgan fingerprint density at radius 2 is 1.79 bits per heavy atom. The summed E-state index contributed by atoms with van der Waals surface area (Å²) < 4.78 is 5.82. The van der Waals surface area contributed by atoms with E-state index in [9.17, 15) is 4.79 Å². The third kappa shape index (κ3) is 6.41. The van der Waals surface area contributed by atoms with Crippen LogP contribution in [0.5, 0.6) is 0 Å². The molecule has 0 atom stereocenters. The number of hydrogen-bond donors (Lipinski definition) is 1. The third-order valence-electron chi connectivity index (χ3n) is 4.56. The Morgan fingerprint density at radius 3 is 2.48 bits per heavy atom. The van der Waals surface area contributed by atoms with Crippen LogP contribution in [0.15, 0.2) is 57.8 Å². The number of nitrogens with zero attached hydrogens (tertiary/aromatic N) is 1. The average molecular weight is 427 g/mol. The lowest BCUT2D eigenvalue weighted by atomic mass is 10.1. The molecular formula is C23H26N2O2S2. The molecule has 0 spiro atoms. The molecule has 1 N–H and O–H groups in total. The molecule has 3 aromatic rings. The number of nitrogens with one attached hydrogen (secondary N) is 1. The number of carbonyl (C=O) groups excluding carboxylic acids is 1. The lowest BCUT2D eigenvalue weighted by molar-refractivity contribution is -0.118. The highest BCUT2D eigenvalue weighted by Crippen LogP contribution is 2.26. The number of rotatable bonds is 9. The first-order chi connectivity index (χ1) is 14.0. The van der Waals surface area contributed by atoms with Crippen LogP contribution in [0.3, 0.4) is 0 Å². The molecule has 0 saturated carbocycles. The van der Waals surface area contributed by atoms with E-state index in [1.54, 1.807) is 23.5 Å². The predicted octanol–water partition coefficient (Wildman–Crippen LogP) is 5.27. The van der Waals surface area contributed by atoms with E-state index in [4.69, 9.17) is 4.42 Å². The summed E-state index contributed by atoms with van der Waals surface area (Å²) in [4.78, 5) is 17.9. The Hall–Kier alpha value is -2.18. The molecule has 29 heavy (non-hydrogen) atoms. The molecule has 1 amide bonds. The van der Waals surface area contributed by atoms with Gasteiger partial charge < -0.3 is 9.73 Å². The summed E-state index contributed by atoms with van der Waals surface area (Å²) in [6.45, 7) is 4.65. The Labute approximate surface area is 180 Å². The lowest BCUT2D eigenvalue weighted by Gasteiger charge is -2.05. The highest BCUT2D eigenvalue weighted by molar-refractivity contribution is 7.99. The van der Waals surface area contributed by atoms with Crippen LogP contribution in [0.25, 0.3) is 11.5 Å². The number of carbonyl (C=O) groups is 1. The molecule has 0 bridgehead atoms. The molecule has 0 saturated heterocycles. The SMILES string of the molecule is CSc1ccc(-c2nc(CSCC(=O)NCCc3ccc(C)cc3)c(C)o2)cc1. The van der Waals surface area contributed by atoms with Gasteiger partial charge in [0.2, 0.25) is 11.8 Å². The van der Waals surface area contributed by atoms with Crippen molar-refractivity contribution in [1.29, 1.82) is 0 Å². The Kier molecular flexibility index (Phi) is 7.83. The molecule has 0 aliphatic heterocycles. The van der Waals surface area contributed by atoms with Crippen molar-refractivity contribution in [3.8, 4) is 11.5 Å². The van der Waals surface area contributed by atoms with Crippen LogP contribution in [0.1, 0.15) is 22.6 Å². The van der Waals surface area contributed by atoms with Gasteiger partial charge >= 0.3 is 0 Å². The topological polar surface area (TPSA) is 55.1 Å². The summed E-state index contributed by atoms with van der Waals surface area (Å²) in [6, 6.07) is 16.6. The summed E-state index contributed by atoms with van der Waals surface area (Å²) in [5.41, 5.74) is 4.35. The van der Waals surface area contributed by atoms with Gasteiger partial charge in [0.05, 0.1) is 11.4 Å². The van der Waals surface area contributed by atoms with Crippen LogP contribution in [0, 0.1) is 13.8 Å². The average Bonchev–Trinajstić information content (AvgIpc) is 3.10. The van der Waals surface area contributed by atoms with Gasteiger partial charge in [-0.15, -0.1) is 23.5 Å². The predicted molar refractivity (Wildman–Crippen MR) is 123 cm³/mol. The van der Waals surface area contributed by atoms with Gasteiger partial charge in [-0.1, -0.05) is 29.8 Å². The van der Waals surface area contributed by atoms with E-state index in [0.717, 1.165) is 23.4 Å². The van der Waals surface area contributed by atoms with E-state index >= 15 is 0 Å². The third-order valence-corrected chi connectivity index (χ3v) is 6.25. The van der Waals surface area contributed by atoms with E-state index in [-0.39, 0.29) is 5.91 Å². The van der Waals surface area contributed by atoms with Crippen molar-refractivity contribution in [2.24, 2.45) is 0 Å². The van der Waals surface area contributed by atoms with Gasteiger partial charge in [0.1, 0.15) is 5.76 Å². The Bertz CT molecular complexity index is 935. The molecular weight excluding hydrogens is 400 g/mol. The summed E-state index contributed by atoms with van der Waals surface area (Å²) in [5, 5.41) is 2.98. The van der Waals surface area contributed by atoms with Crippen LogP contribution >= 0.6 is 23.5 Å². The van der Waals surface area contributed by atoms with Crippen molar-refractivity contribution in [2.75, 3.05) is 18.6 Å². The smallest absolute Gasteiger partial charge is 0.230 e. The number of benzene rings is 2. The number of aromatic nitrogens is 1. The first-order valence-electron chi connectivity index (χ1n) is 9.56. The van der Waals surface area contributed by atoms with Gasteiger partial charge in [-0.2, -0.15) is 0 Å². The molecule has 0 aliphatic carbocycles. The minimum Gasteiger partial charge on any atom is -0.441 e. The van der Waals surface area contributed by atoms with Crippen molar-refractivity contribution in [3.05, 3.63) is 71.1 Å². The molecule has 6 heteroatoms. The second-order valence-corrected chi connectivity index (χ2v) is 8.69. The number of thioether (sulfide) groups is 2. The minimum atomic E-state index is 0.0520. The van der Waals surface area contributed by atoms with Crippen molar-refractivity contribution in [1.82, 2.24) is 10.3 Å². The Balaban J connectivity index is 1.43. The van der Waals surface area contributed by atoms with Crippen molar-refractivity contribution < 1.29 is 9.21 Å². The molecule has 0 unspecified atom stereocenters. The number of oxazole rings is 1. The molecule has 4 nitrogen and oxygen atoms in total. The zero-order valence-corrected chi connectivity index (χ0v) is 18.7. The highest BCUT2D eigenvalue weighted by Gasteiger charge is 2.12. The maximum atomic E-state index is 12.1. The van der Waals surface area contributed by atoms with Gasteiger partial charge in [-0.25, -0.2) is 4.98 Å². The quantitative estimate of drug-likeness (QED) is 0.472. The zero-order valence-electron chi connectivity index (χ0n) is 17.0. The van der Waals surface area contributed by atoms with Gasteiger partial charge in [0.15, 0.2) is 0 Å². The summed E-state index contributed by atoms with van der Waals surface area (Å²) in [6.07, 6.45) is 2.90. The van der Waals surface area contributed by atoms with Crippen LogP contribution in [0.2, 0.25) is 0 Å². The first-order valence-corrected chi connectivity index (χ1v) is 11.9. The van der Waals surface area contributed by atoms with E-state index < -0.39 is 0 Å². The molecule has 3 rings (SSSR count). The fraction of sp³-hybridized carbons (Fsp3) is 0.304. The summed E-state index contributed by atoms with van der Waals surface area (Å²) >= 11 is 3.26.